The Balaban J connectivity index is 1.45. The molecule has 1 aromatic rings. The summed E-state index contributed by atoms with van der Waals surface area (Å²) in [7, 11) is 0. The van der Waals surface area contributed by atoms with Crippen molar-refractivity contribution in [1.29, 1.82) is 0 Å². The average Bonchev–Trinajstić information content (AvgIpc) is 3.05. The van der Waals surface area contributed by atoms with Crippen molar-refractivity contribution in [2.45, 2.75) is 44.1 Å². The van der Waals surface area contributed by atoms with Crippen LogP contribution in [0.1, 0.15) is 31.2 Å². The highest BCUT2D eigenvalue weighted by Crippen LogP contribution is 2.39. The van der Waals surface area contributed by atoms with Gasteiger partial charge < -0.3 is 14.8 Å². The van der Waals surface area contributed by atoms with Crippen LogP contribution in [0.3, 0.4) is 0 Å². The van der Waals surface area contributed by atoms with Gasteiger partial charge in [0, 0.05) is 25.9 Å². The minimum absolute atomic E-state index is 0.149. The number of rotatable bonds is 4. The second kappa shape index (κ2) is 6.20. The fourth-order valence-corrected chi connectivity index (χ4v) is 3.24. The SMILES string of the molecule is Clc1ccc(CNCC2COC3(CCCC3)O2)cc1Cl. The summed E-state index contributed by atoms with van der Waals surface area (Å²) < 4.78 is 11.9. The van der Waals surface area contributed by atoms with Gasteiger partial charge in [-0.1, -0.05) is 29.3 Å². The minimum atomic E-state index is -0.268. The van der Waals surface area contributed by atoms with Crippen LogP contribution < -0.4 is 5.32 Å². The molecule has 20 heavy (non-hydrogen) atoms. The van der Waals surface area contributed by atoms with E-state index in [0.717, 1.165) is 31.5 Å². The number of hydrogen-bond donors (Lipinski definition) is 1. The van der Waals surface area contributed by atoms with E-state index in [4.69, 9.17) is 32.7 Å². The highest BCUT2D eigenvalue weighted by atomic mass is 35.5. The molecule has 2 aliphatic rings. The average molecular weight is 316 g/mol. The van der Waals surface area contributed by atoms with Crippen LogP contribution in [0.4, 0.5) is 0 Å². The molecule has 1 unspecified atom stereocenters. The Labute approximate surface area is 129 Å². The van der Waals surface area contributed by atoms with Crippen molar-refractivity contribution in [2.75, 3.05) is 13.2 Å². The summed E-state index contributed by atoms with van der Waals surface area (Å²) in [4.78, 5) is 0. The topological polar surface area (TPSA) is 30.5 Å². The van der Waals surface area contributed by atoms with E-state index in [2.05, 4.69) is 5.32 Å². The molecule has 1 heterocycles. The Bertz CT molecular complexity index is 475. The molecule has 0 amide bonds. The molecule has 2 fully saturated rings. The first-order valence-corrected chi connectivity index (χ1v) is 7.89. The Morgan fingerprint density at radius 1 is 1.20 bits per heavy atom. The lowest BCUT2D eigenvalue weighted by atomic mass is 10.2. The summed E-state index contributed by atoms with van der Waals surface area (Å²) in [6, 6.07) is 5.69. The van der Waals surface area contributed by atoms with Crippen molar-refractivity contribution in [3.05, 3.63) is 33.8 Å². The highest BCUT2D eigenvalue weighted by Gasteiger charge is 2.43. The molecule has 0 bridgehead atoms. The van der Waals surface area contributed by atoms with Gasteiger partial charge in [-0.25, -0.2) is 0 Å². The highest BCUT2D eigenvalue weighted by molar-refractivity contribution is 6.42. The second-order valence-electron chi connectivity index (χ2n) is 5.55. The fraction of sp³-hybridized carbons (Fsp3) is 0.600. The molecule has 1 saturated heterocycles. The summed E-state index contributed by atoms with van der Waals surface area (Å²) in [6.45, 7) is 2.24. The molecule has 1 saturated carbocycles. The Hall–Kier alpha value is -0.320. The monoisotopic (exact) mass is 315 g/mol. The molecule has 0 radical (unpaired) electrons. The maximum Gasteiger partial charge on any atom is 0.168 e. The largest absolute Gasteiger partial charge is 0.347 e. The predicted molar refractivity (Wildman–Crippen MR) is 80.2 cm³/mol. The van der Waals surface area contributed by atoms with E-state index in [1.807, 2.05) is 18.2 Å². The first kappa shape index (κ1) is 14.6. The van der Waals surface area contributed by atoms with Crippen LogP contribution in [0, 0.1) is 0 Å². The number of halogens is 2. The Kier molecular flexibility index (Phi) is 4.53. The van der Waals surface area contributed by atoms with E-state index < -0.39 is 0 Å². The lowest BCUT2D eigenvalue weighted by Crippen LogP contribution is -2.31. The van der Waals surface area contributed by atoms with Crippen LogP contribution in [0.5, 0.6) is 0 Å². The molecule has 1 aliphatic heterocycles. The van der Waals surface area contributed by atoms with Crippen LogP contribution in [0.2, 0.25) is 10.0 Å². The fourth-order valence-electron chi connectivity index (χ4n) is 2.92. The van der Waals surface area contributed by atoms with Crippen LogP contribution in [0.15, 0.2) is 18.2 Å². The standard InChI is InChI=1S/C15H19Cl2NO2/c16-13-4-3-11(7-14(13)17)8-18-9-12-10-19-15(20-12)5-1-2-6-15/h3-4,7,12,18H,1-2,5-6,8-10H2. The zero-order chi connectivity index (χ0) is 14.0. The molecule has 1 atom stereocenters. The quantitative estimate of drug-likeness (QED) is 0.917. The van der Waals surface area contributed by atoms with Gasteiger partial charge in [0.15, 0.2) is 5.79 Å². The first-order valence-electron chi connectivity index (χ1n) is 7.13. The van der Waals surface area contributed by atoms with Crippen molar-refractivity contribution >= 4 is 23.2 Å². The third-order valence-electron chi connectivity index (χ3n) is 3.96. The lowest BCUT2D eigenvalue weighted by molar-refractivity contribution is -0.161. The maximum atomic E-state index is 6.06. The van der Waals surface area contributed by atoms with Gasteiger partial charge in [0.1, 0.15) is 0 Å². The molecule has 110 valence electrons. The van der Waals surface area contributed by atoms with E-state index >= 15 is 0 Å². The van der Waals surface area contributed by atoms with Crippen molar-refractivity contribution < 1.29 is 9.47 Å². The third-order valence-corrected chi connectivity index (χ3v) is 4.70. The summed E-state index contributed by atoms with van der Waals surface area (Å²) in [5, 5.41) is 4.57. The molecule has 1 aliphatic carbocycles. The summed E-state index contributed by atoms with van der Waals surface area (Å²) in [5.74, 6) is -0.268. The molecule has 3 nitrogen and oxygen atoms in total. The Morgan fingerprint density at radius 2 is 2.00 bits per heavy atom. The van der Waals surface area contributed by atoms with Gasteiger partial charge in [0.25, 0.3) is 0 Å². The number of benzene rings is 1. The Morgan fingerprint density at radius 3 is 2.75 bits per heavy atom. The van der Waals surface area contributed by atoms with E-state index in [1.54, 1.807) is 0 Å². The summed E-state index contributed by atoms with van der Waals surface area (Å²) in [5.41, 5.74) is 1.12. The second-order valence-corrected chi connectivity index (χ2v) is 6.36. The zero-order valence-electron chi connectivity index (χ0n) is 11.3. The normalized spacial score (nSPS) is 24.6. The molecule has 0 aromatic heterocycles. The van der Waals surface area contributed by atoms with Crippen molar-refractivity contribution in [3.63, 3.8) is 0 Å². The van der Waals surface area contributed by atoms with Gasteiger partial charge in [-0.15, -0.1) is 0 Å². The predicted octanol–water partition coefficient (Wildman–Crippen LogP) is 3.77. The molecular weight excluding hydrogens is 297 g/mol. The van der Waals surface area contributed by atoms with Crippen LogP contribution in [-0.4, -0.2) is 25.0 Å². The summed E-state index contributed by atoms with van der Waals surface area (Å²) >= 11 is 11.9. The number of ether oxygens (including phenoxy) is 2. The van der Waals surface area contributed by atoms with E-state index in [0.29, 0.717) is 16.7 Å². The van der Waals surface area contributed by atoms with Crippen LogP contribution in [-0.2, 0) is 16.0 Å². The number of hydrogen-bond acceptors (Lipinski definition) is 3. The van der Waals surface area contributed by atoms with Gasteiger partial charge in [0.2, 0.25) is 0 Å². The van der Waals surface area contributed by atoms with Gasteiger partial charge in [-0.05, 0) is 30.5 Å². The minimum Gasteiger partial charge on any atom is -0.347 e. The van der Waals surface area contributed by atoms with E-state index in [1.165, 1.54) is 12.8 Å². The van der Waals surface area contributed by atoms with Gasteiger partial charge in [-0.2, -0.15) is 0 Å². The molecule has 3 rings (SSSR count). The zero-order valence-corrected chi connectivity index (χ0v) is 12.8. The molecule has 1 spiro atoms. The van der Waals surface area contributed by atoms with Gasteiger partial charge in [0.05, 0.1) is 22.8 Å². The maximum absolute atomic E-state index is 6.06. The van der Waals surface area contributed by atoms with Crippen molar-refractivity contribution in [1.82, 2.24) is 5.32 Å². The van der Waals surface area contributed by atoms with Crippen molar-refractivity contribution in [2.24, 2.45) is 0 Å². The molecule has 1 aromatic carbocycles. The molecule has 5 heteroatoms. The van der Waals surface area contributed by atoms with Crippen molar-refractivity contribution in [3.8, 4) is 0 Å². The van der Waals surface area contributed by atoms with Crippen LogP contribution >= 0.6 is 23.2 Å². The van der Waals surface area contributed by atoms with E-state index in [-0.39, 0.29) is 11.9 Å². The van der Waals surface area contributed by atoms with Crippen LogP contribution in [0.25, 0.3) is 0 Å². The molecule has 1 N–H and O–H groups in total. The third kappa shape index (κ3) is 3.29. The number of nitrogens with one attached hydrogen (secondary N) is 1. The van der Waals surface area contributed by atoms with Gasteiger partial charge >= 0.3 is 0 Å². The summed E-state index contributed by atoms with van der Waals surface area (Å²) in [6.07, 6.45) is 4.65. The van der Waals surface area contributed by atoms with Gasteiger partial charge in [-0.3, -0.25) is 0 Å². The first-order chi connectivity index (χ1) is 9.67. The lowest BCUT2D eigenvalue weighted by Gasteiger charge is -2.22. The van der Waals surface area contributed by atoms with E-state index in [9.17, 15) is 0 Å². The molecular formula is C15H19Cl2NO2. The smallest absolute Gasteiger partial charge is 0.168 e.